The molecule has 0 bridgehead atoms. The Morgan fingerprint density at radius 3 is 2.83 bits per heavy atom. The lowest BCUT2D eigenvalue weighted by molar-refractivity contribution is 0.275. The fraction of sp³-hybridized carbons (Fsp3) is 1.00. The van der Waals surface area contributed by atoms with Crippen LogP contribution < -0.4 is 5.32 Å². The van der Waals surface area contributed by atoms with Crippen molar-refractivity contribution in [2.45, 2.75) is 19.9 Å². The lowest BCUT2D eigenvalue weighted by atomic mass is 10.2. The summed E-state index contributed by atoms with van der Waals surface area (Å²) in [5.74, 6) is 3.20. The van der Waals surface area contributed by atoms with Gasteiger partial charge in [-0.05, 0) is 13.0 Å². The Morgan fingerprint density at radius 2 is 2.33 bits per heavy atom. The van der Waals surface area contributed by atoms with Gasteiger partial charge in [0.05, 0.1) is 0 Å². The molecule has 0 aromatic heterocycles. The van der Waals surface area contributed by atoms with E-state index in [-0.39, 0.29) is 0 Å². The molecule has 1 unspecified atom stereocenters. The minimum absolute atomic E-state index is 0.721. The van der Waals surface area contributed by atoms with Crippen molar-refractivity contribution in [3.63, 3.8) is 0 Å². The Bertz CT molecular complexity index is 122. The molecular formula is C9H20N2S. The highest BCUT2D eigenvalue weighted by Gasteiger charge is 2.16. The van der Waals surface area contributed by atoms with E-state index in [0.717, 1.165) is 17.8 Å². The minimum atomic E-state index is 0.721. The molecule has 0 aromatic carbocycles. The predicted octanol–water partition coefficient (Wildman–Crippen LogP) is 1.24. The maximum absolute atomic E-state index is 3.48. The molecule has 1 rings (SSSR count). The van der Waals surface area contributed by atoms with Crippen LogP contribution in [0.4, 0.5) is 0 Å². The molecule has 0 saturated carbocycles. The summed E-state index contributed by atoms with van der Waals surface area (Å²) in [6.07, 6.45) is 0. The van der Waals surface area contributed by atoms with Crippen LogP contribution in [-0.2, 0) is 0 Å². The number of nitrogens with zero attached hydrogens (tertiary/aromatic N) is 1. The second-order valence-corrected chi connectivity index (χ2v) is 5.06. The molecule has 2 nitrogen and oxygen atoms in total. The van der Waals surface area contributed by atoms with Crippen LogP contribution in [0.5, 0.6) is 0 Å². The first-order valence-electron chi connectivity index (χ1n) is 4.68. The molecule has 12 heavy (non-hydrogen) atoms. The fourth-order valence-corrected chi connectivity index (χ4v) is 2.61. The van der Waals surface area contributed by atoms with Crippen LogP contribution in [0.3, 0.4) is 0 Å². The molecule has 0 aromatic rings. The molecule has 1 atom stereocenters. The molecule has 0 radical (unpaired) electrons. The van der Waals surface area contributed by atoms with Crippen molar-refractivity contribution in [2.75, 3.05) is 31.8 Å². The molecule has 1 aliphatic rings. The summed E-state index contributed by atoms with van der Waals surface area (Å²) in [6, 6.07) is 0.721. The Labute approximate surface area is 80.1 Å². The highest BCUT2D eigenvalue weighted by molar-refractivity contribution is 7.99. The molecule has 0 amide bonds. The quantitative estimate of drug-likeness (QED) is 0.714. The summed E-state index contributed by atoms with van der Waals surface area (Å²) >= 11 is 2.01. The SMILES string of the molecule is CC(C)CN(C)CC1CSCN1. The van der Waals surface area contributed by atoms with Crippen molar-refractivity contribution in [2.24, 2.45) is 5.92 Å². The number of likely N-dealkylation sites (N-methyl/N-ethyl adjacent to an activating group) is 1. The first kappa shape index (κ1) is 10.4. The number of rotatable bonds is 4. The zero-order valence-electron chi connectivity index (χ0n) is 8.34. The highest BCUT2D eigenvalue weighted by atomic mass is 32.2. The van der Waals surface area contributed by atoms with Crippen LogP contribution in [0.1, 0.15) is 13.8 Å². The molecule has 72 valence electrons. The van der Waals surface area contributed by atoms with Gasteiger partial charge in [-0.2, -0.15) is 0 Å². The first-order chi connectivity index (χ1) is 5.68. The third kappa shape index (κ3) is 3.78. The third-order valence-electron chi connectivity index (χ3n) is 2.00. The molecule has 1 saturated heterocycles. The number of hydrogen-bond acceptors (Lipinski definition) is 3. The Hall–Kier alpha value is 0.270. The van der Waals surface area contributed by atoms with E-state index in [1.807, 2.05) is 11.8 Å². The summed E-state index contributed by atoms with van der Waals surface area (Å²) in [4.78, 5) is 2.42. The van der Waals surface area contributed by atoms with E-state index in [0.29, 0.717) is 0 Å². The van der Waals surface area contributed by atoms with E-state index in [1.54, 1.807) is 0 Å². The molecule has 1 aliphatic heterocycles. The second kappa shape index (κ2) is 5.10. The van der Waals surface area contributed by atoms with E-state index < -0.39 is 0 Å². The van der Waals surface area contributed by atoms with Crippen LogP contribution in [0.15, 0.2) is 0 Å². The zero-order valence-corrected chi connectivity index (χ0v) is 9.16. The van der Waals surface area contributed by atoms with E-state index >= 15 is 0 Å². The van der Waals surface area contributed by atoms with Crippen molar-refractivity contribution in [3.8, 4) is 0 Å². The number of hydrogen-bond donors (Lipinski definition) is 1. The van der Waals surface area contributed by atoms with Gasteiger partial charge in [-0.1, -0.05) is 13.8 Å². The van der Waals surface area contributed by atoms with Crippen molar-refractivity contribution >= 4 is 11.8 Å². The van der Waals surface area contributed by atoms with Gasteiger partial charge in [0.2, 0.25) is 0 Å². The van der Waals surface area contributed by atoms with Gasteiger partial charge < -0.3 is 10.2 Å². The number of thioether (sulfide) groups is 1. The van der Waals surface area contributed by atoms with Crippen LogP contribution in [0.2, 0.25) is 0 Å². The average Bonchev–Trinajstić information content (AvgIpc) is 2.37. The topological polar surface area (TPSA) is 15.3 Å². The number of nitrogens with one attached hydrogen (secondary N) is 1. The van der Waals surface area contributed by atoms with Gasteiger partial charge in [-0.3, -0.25) is 0 Å². The summed E-state index contributed by atoms with van der Waals surface area (Å²) in [5, 5.41) is 3.48. The summed E-state index contributed by atoms with van der Waals surface area (Å²) in [5.41, 5.74) is 0. The summed E-state index contributed by atoms with van der Waals surface area (Å²) in [7, 11) is 2.21. The van der Waals surface area contributed by atoms with Gasteiger partial charge in [-0.25, -0.2) is 0 Å². The van der Waals surface area contributed by atoms with E-state index in [1.165, 1.54) is 18.8 Å². The van der Waals surface area contributed by atoms with Crippen molar-refractivity contribution in [1.82, 2.24) is 10.2 Å². The van der Waals surface area contributed by atoms with Crippen molar-refractivity contribution in [3.05, 3.63) is 0 Å². The van der Waals surface area contributed by atoms with Gasteiger partial charge in [-0.15, -0.1) is 11.8 Å². The Morgan fingerprint density at radius 1 is 1.58 bits per heavy atom. The fourth-order valence-electron chi connectivity index (χ4n) is 1.63. The lowest BCUT2D eigenvalue weighted by Crippen LogP contribution is -2.38. The molecule has 0 spiro atoms. The molecule has 1 fully saturated rings. The van der Waals surface area contributed by atoms with E-state index in [4.69, 9.17) is 0 Å². The predicted molar refractivity (Wildman–Crippen MR) is 56.6 cm³/mol. The monoisotopic (exact) mass is 188 g/mol. The smallest absolute Gasteiger partial charge is 0.0421 e. The van der Waals surface area contributed by atoms with Crippen LogP contribution >= 0.6 is 11.8 Å². The van der Waals surface area contributed by atoms with Crippen molar-refractivity contribution < 1.29 is 0 Å². The van der Waals surface area contributed by atoms with Gasteiger partial charge >= 0.3 is 0 Å². The second-order valence-electron chi connectivity index (χ2n) is 4.03. The molecular weight excluding hydrogens is 168 g/mol. The van der Waals surface area contributed by atoms with Gasteiger partial charge in [0.1, 0.15) is 0 Å². The van der Waals surface area contributed by atoms with Gasteiger partial charge in [0.25, 0.3) is 0 Å². The highest BCUT2D eigenvalue weighted by Crippen LogP contribution is 2.10. The first-order valence-corrected chi connectivity index (χ1v) is 5.83. The van der Waals surface area contributed by atoms with Crippen LogP contribution in [0, 0.1) is 5.92 Å². The zero-order chi connectivity index (χ0) is 8.97. The third-order valence-corrected chi connectivity index (χ3v) is 3.01. The maximum Gasteiger partial charge on any atom is 0.0421 e. The van der Waals surface area contributed by atoms with E-state index in [2.05, 4.69) is 31.1 Å². The normalized spacial score (nSPS) is 24.2. The average molecular weight is 188 g/mol. The standard InChI is InChI=1S/C9H20N2S/c1-8(2)4-11(3)5-9-6-12-7-10-9/h8-10H,4-7H2,1-3H3. The molecule has 3 heteroatoms. The minimum Gasteiger partial charge on any atom is -0.305 e. The van der Waals surface area contributed by atoms with Crippen LogP contribution in [0.25, 0.3) is 0 Å². The van der Waals surface area contributed by atoms with E-state index in [9.17, 15) is 0 Å². The summed E-state index contributed by atoms with van der Waals surface area (Å²) < 4.78 is 0. The van der Waals surface area contributed by atoms with Crippen LogP contribution in [-0.4, -0.2) is 42.7 Å². The van der Waals surface area contributed by atoms with Gasteiger partial charge in [0, 0.05) is 30.8 Å². The van der Waals surface area contributed by atoms with Crippen molar-refractivity contribution in [1.29, 1.82) is 0 Å². The Balaban J connectivity index is 2.11. The molecule has 1 heterocycles. The Kier molecular flexibility index (Phi) is 4.40. The largest absolute Gasteiger partial charge is 0.305 e. The lowest BCUT2D eigenvalue weighted by Gasteiger charge is -2.22. The molecule has 0 aliphatic carbocycles. The molecule has 1 N–H and O–H groups in total. The van der Waals surface area contributed by atoms with Gasteiger partial charge in [0.15, 0.2) is 0 Å². The summed E-state index contributed by atoms with van der Waals surface area (Å²) in [6.45, 7) is 6.95. The maximum atomic E-state index is 3.48.